The molecule has 0 unspecified atom stereocenters. The number of hydrogen-bond acceptors (Lipinski definition) is 2. The summed E-state index contributed by atoms with van der Waals surface area (Å²) in [5, 5.41) is 0. The zero-order valence-electron chi connectivity index (χ0n) is 23.8. The van der Waals surface area contributed by atoms with Crippen LogP contribution in [0.4, 0.5) is 0 Å². The molecule has 3 nitrogen and oxygen atoms in total. The predicted octanol–water partition coefficient (Wildman–Crippen LogP) is 6.23. The van der Waals surface area contributed by atoms with E-state index in [0.29, 0.717) is 13.0 Å². The van der Waals surface area contributed by atoms with E-state index in [1.807, 2.05) is 0 Å². The van der Waals surface area contributed by atoms with Gasteiger partial charge in [0.1, 0.15) is 0 Å². The van der Waals surface area contributed by atoms with Crippen molar-refractivity contribution in [1.29, 1.82) is 0 Å². The molecule has 0 amide bonds. The molecule has 0 aromatic heterocycles. The second-order valence-corrected chi connectivity index (χ2v) is 10.4. The van der Waals surface area contributed by atoms with Crippen molar-refractivity contribution in [3.05, 3.63) is 0 Å². The molecule has 0 N–H and O–H groups in total. The molecule has 0 radical (unpaired) electrons. The molecular weight excluding hydrogens is 425 g/mol. The van der Waals surface area contributed by atoms with E-state index >= 15 is 0 Å². The largest absolute Gasteiger partial charge is 1.00 e. The molecule has 0 aliphatic carbocycles. The van der Waals surface area contributed by atoms with E-state index in [0.717, 1.165) is 25.7 Å². The highest BCUT2D eigenvalue weighted by atomic mass is 19.0. The summed E-state index contributed by atoms with van der Waals surface area (Å²) in [7, 11) is 0. The Morgan fingerprint density at radius 2 is 0.912 bits per heavy atom. The predicted molar refractivity (Wildman–Crippen MR) is 146 cm³/mol. The lowest BCUT2D eigenvalue weighted by atomic mass is 10.0. The average molecular weight is 488 g/mol. The third kappa shape index (κ3) is 21.9. The molecule has 0 aromatic carbocycles. The molecule has 0 aliphatic rings. The Morgan fingerprint density at radius 1 is 0.529 bits per heavy atom. The fourth-order valence-electron chi connectivity index (χ4n) is 4.91. The summed E-state index contributed by atoms with van der Waals surface area (Å²) in [5.41, 5.74) is 0. The van der Waals surface area contributed by atoms with Gasteiger partial charge in [0.25, 0.3) is 0 Å². The maximum Gasteiger partial charge on any atom is 0.305 e. The minimum atomic E-state index is -0.00223. The molecular formula is C30H62FNO2. The SMILES string of the molecule is CCCCCCCCCCCCCCCC[N+](CC)(CC)CCCCCC(=O)OCCCC.[F-]. The Morgan fingerprint density at radius 3 is 1.32 bits per heavy atom. The first-order valence-corrected chi connectivity index (χ1v) is 15.1. The van der Waals surface area contributed by atoms with Crippen molar-refractivity contribution in [3.63, 3.8) is 0 Å². The third-order valence-corrected chi connectivity index (χ3v) is 7.60. The summed E-state index contributed by atoms with van der Waals surface area (Å²) >= 11 is 0. The summed E-state index contributed by atoms with van der Waals surface area (Å²) < 4.78 is 6.53. The number of rotatable bonds is 26. The number of unbranched alkanes of at least 4 members (excludes halogenated alkanes) is 16. The smallest absolute Gasteiger partial charge is 0.305 e. The zero-order valence-corrected chi connectivity index (χ0v) is 23.8. The number of halogens is 1. The van der Waals surface area contributed by atoms with Gasteiger partial charge in [-0.1, -0.05) is 97.3 Å². The molecule has 0 spiro atoms. The second kappa shape index (κ2) is 27.0. The molecule has 4 heteroatoms. The van der Waals surface area contributed by atoms with Gasteiger partial charge in [0.2, 0.25) is 0 Å². The maximum atomic E-state index is 11.7. The molecule has 0 atom stereocenters. The first-order chi connectivity index (χ1) is 16.1. The van der Waals surface area contributed by atoms with Crippen LogP contribution >= 0.6 is 0 Å². The average Bonchev–Trinajstić information content (AvgIpc) is 2.83. The van der Waals surface area contributed by atoms with Crippen LogP contribution in [0, 0.1) is 0 Å². The molecule has 0 aliphatic heterocycles. The van der Waals surface area contributed by atoms with Crippen LogP contribution in [0.5, 0.6) is 0 Å². The minimum absolute atomic E-state index is 0. The van der Waals surface area contributed by atoms with Crippen molar-refractivity contribution in [2.45, 2.75) is 156 Å². The Balaban J connectivity index is 0. The van der Waals surface area contributed by atoms with E-state index in [4.69, 9.17) is 4.74 Å². The van der Waals surface area contributed by atoms with Gasteiger partial charge < -0.3 is 13.9 Å². The highest BCUT2D eigenvalue weighted by Crippen LogP contribution is 2.16. The van der Waals surface area contributed by atoms with Gasteiger partial charge in [0.15, 0.2) is 0 Å². The third-order valence-electron chi connectivity index (χ3n) is 7.60. The summed E-state index contributed by atoms with van der Waals surface area (Å²) in [6.07, 6.45) is 26.1. The van der Waals surface area contributed by atoms with Crippen LogP contribution in [0.1, 0.15) is 156 Å². The fraction of sp³-hybridized carbons (Fsp3) is 0.967. The fourth-order valence-corrected chi connectivity index (χ4v) is 4.91. The number of quaternary nitrogens is 1. The Bertz CT molecular complexity index is 413. The summed E-state index contributed by atoms with van der Waals surface area (Å²) in [6.45, 7) is 14.8. The molecule has 0 aromatic rings. The van der Waals surface area contributed by atoms with Gasteiger partial charge in [-0.25, -0.2) is 0 Å². The molecule has 0 saturated carbocycles. The lowest BCUT2D eigenvalue weighted by Crippen LogP contribution is -3.00. The van der Waals surface area contributed by atoms with Gasteiger partial charge in [-0.05, 0) is 52.4 Å². The first kappa shape index (κ1) is 35.5. The van der Waals surface area contributed by atoms with E-state index in [2.05, 4.69) is 27.7 Å². The van der Waals surface area contributed by atoms with Gasteiger partial charge in [0, 0.05) is 6.42 Å². The van der Waals surface area contributed by atoms with Crippen LogP contribution in [0.15, 0.2) is 0 Å². The Labute approximate surface area is 213 Å². The van der Waals surface area contributed by atoms with Crippen LogP contribution in [0.25, 0.3) is 0 Å². The molecule has 0 rings (SSSR count). The standard InChI is InChI=1S/C30H62NO2.FH/c1-5-9-11-12-13-14-15-16-17-18-19-20-21-24-27-31(7-3,8-4)28-25-22-23-26-30(32)33-29-10-6-2;/h5-29H2,1-4H3;1H/q+1;/p-1. The van der Waals surface area contributed by atoms with Gasteiger partial charge in [-0.15, -0.1) is 0 Å². The molecule has 206 valence electrons. The molecule has 0 saturated heterocycles. The minimum Gasteiger partial charge on any atom is -1.00 e. The quantitative estimate of drug-likeness (QED) is 0.0821. The second-order valence-electron chi connectivity index (χ2n) is 10.4. The summed E-state index contributed by atoms with van der Waals surface area (Å²) in [4.78, 5) is 11.7. The normalized spacial score (nSPS) is 11.4. The van der Waals surface area contributed by atoms with Crippen molar-refractivity contribution in [2.24, 2.45) is 0 Å². The van der Waals surface area contributed by atoms with Gasteiger partial charge in [-0.3, -0.25) is 4.79 Å². The number of hydrogen-bond donors (Lipinski definition) is 0. The number of nitrogens with zero attached hydrogens (tertiary/aromatic N) is 1. The topological polar surface area (TPSA) is 26.3 Å². The highest BCUT2D eigenvalue weighted by molar-refractivity contribution is 5.69. The van der Waals surface area contributed by atoms with Crippen molar-refractivity contribution in [2.75, 3.05) is 32.8 Å². The highest BCUT2D eigenvalue weighted by Gasteiger charge is 2.21. The van der Waals surface area contributed by atoms with Crippen LogP contribution in [0.3, 0.4) is 0 Å². The van der Waals surface area contributed by atoms with Crippen molar-refractivity contribution in [1.82, 2.24) is 0 Å². The number of carbonyl (C=O) groups is 1. The van der Waals surface area contributed by atoms with E-state index in [1.165, 1.54) is 127 Å². The van der Waals surface area contributed by atoms with Crippen LogP contribution in [-0.2, 0) is 9.53 Å². The first-order valence-electron chi connectivity index (χ1n) is 15.1. The van der Waals surface area contributed by atoms with Crippen molar-refractivity contribution in [3.8, 4) is 0 Å². The molecule has 0 fully saturated rings. The number of carbonyl (C=O) groups excluding carboxylic acids is 1. The van der Waals surface area contributed by atoms with E-state index in [-0.39, 0.29) is 10.7 Å². The van der Waals surface area contributed by atoms with E-state index < -0.39 is 0 Å². The molecule has 34 heavy (non-hydrogen) atoms. The lowest BCUT2D eigenvalue weighted by Gasteiger charge is -2.37. The number of esters is 1. The molecule has 0 bridgehead atoms. The van der Waals surface area contributed by atoms with E-state index in [9.17, 15) is 4.79 Å². The Kier molecular flexibility index (Phi) is 28.2. The summed E-state index contributed by atoms with van der Waals surface area (Å²) in [6, 6.07) is 0. The monoisotopic (exact) mass is 487 g/mol. The lowest BCUT2D eigenvalue weighted by molar-refractivity contribution is -0.925. The van der Waals surface area contributed by atoms with E-state index in [1.54, 1.807) is 0 Å². The van der Waals surface area contributed by atoms with Crippen LogP contribution < -0.4 is 4.70 Å². The van der Waals surface area contributed by atoms with Crippen LogP contribution in [-0.4, -0.2) is 43.2 Å². The van der Waals surface area contributed by atoms with Crippen molar-refractivity contribution >= 4 is 5.97 Å². The van der Waals surface area contributed by atoms with Crippen LogP contribution in [0.2, 0.25) is 0 Å². The zero-order chi connectivity index (χ0) is 24.5. The van der Waals surface area contributed by atoms with Crippen molar-refractivity contribution < 1.29 is 18.7 Å². The van der Waals surface area contributed by atoms with Gasteiger partial charge in [0.05, 0.1) is 32.8 Å². The maximum absolute atomic E-state index is 11.7. The number of ether oxygens (including phenoxy) is 1. The summed E-state index contributed by atoms with van der Waals surface area (Å²) in [5.74, 6) is -0.00223. The van der Waals surface area contributed by atoms with Gasteiger partial charge in [-0.2, -0.15) is 0 Å². The van der Waals surface area contributed by atoms with Gasteiger partial charge >= 0.3 is 5.97 Å². The Hall–Kier alpha value is -0.640. The molecule has 0 heterocycles.